The highest BCUT2D eigenvalue weighted by Crippen LogP contribution is 2.11. The van der Waals surface area contributed by atoms with Crippen LogP contribution in [0.5, 0.6) is 5.75 Å². The SMILES string of the molecule is O=C(O)C=Cc1cccc(O)c1.c1c[nH]cn1. The first-order valence-electron chi connectivity index (χ1n) is 4.81. The molecule has 2 aromatic rings. The van der Waals surface area contributed by atoms with Gasteiger partial charge in [-0.2, -0.15) is 0 Å². The summed E-state index contributed by atoms with van der Waals surface area (Å²) >= 11 is 0. The van der Waals surface area contributed by atoms with Crippen molar-refractivity contribution in [1.29, 1.82) is 0 Å². The number of imidazole rings is 1. The van der Waals surface area contributed by atoms with Crippen LogP contribution in [-0.2, 0) is 4.79 Å². The van der Waals surface area contributed by atoms with Gasteiger partial charge in [-0.25, -0.2) is 9.78 Å². The minimum absolute atomic E-state index is 0.127. The van der Waals surface area contributed by atoms with Crippen LogP contribution in [0.1, 0.15) is 5.56 Å². The van der Waals surface area contributed by atoms with Gasteiger partial charge in [0.25, 0.3) is 0 Å². The molecule has 2 rings (SSSR count). The number of hydrogen-bond acceptors (Lipinski definition) is 3. The largest absolute Gasteiger partial charge is 0.508 e. The Morgan fingerprint density at radius 1 is 1.41 bits per heavy atom. The molecule has 0 radical (unpaired) electrons. The van der Waals surface area contributed by atoms with E-state index in [1.54, 1.807) is 30.9 Å². The first kappa shape index (κ1) is 12.5. The van der Waals surface area contributed by atoms with Crippen molar-refractivity contribution >= 4 is 12.0 Å². The van der Waals surface area contributed by atoms with Crippen LogP contribution in [0.25, 0.3) is 6.08 Å². The average molecular weight is 232 g/mol. The molecule has 3 N–H and O–H groups in total. The number of phenolic OH excluding ortho intramolecular Hbond substituents is 1. The summed E-state index contributed by atoms with van der Waals surface area (Å²) in [5.74, 6) is -0.874. The van der Waals surface area contributed by atoms with E-state index in [-0.39, 0.29) is 5.75 Å². The molecule has 0 unspecified atom stereocenters. The number of nitrogens with one attached hydrogen (secondary N) is 1. The van der Waals surface area contributed by atoms with Crippen molar-refractivity contribution in [3.8, 4) is 5.75 Å². The van der Waals surface area contributed by atoms with E-state index in [0.717, 1.165) is 6.08 Å². The molecule has 0 aliphatic heterocycles. The van der Waals surface area contributed by atoms with Gasteiger partial charge in [0, 0.05) is 18.5 Å². The molecular formula is C12H12N2O3. The minimum atomic E-state index is -1.00. The predicted octanol–water partition coefficient (Wildman–Crippen LogP) is 1.90. The molecule has 0 saturated heterocycles. The predicted molar refractivity (Wildman–Crippen MR) is 63.4 cm³/mol. The molecule has 0 saturated carbocycles. The lowest BCUT2D eigenvalue weighted by Gasteiger charge is -1.92. The number of carboxylic acid groups (broad SMARTS) is 1. The fraction of sp³-hybridized carbons (Fsp3) is 0. The van der Waals surface area contributed by atoms with Crippen molar-refractivity contribution < 1.29 is 15.0 Å². The average Bonchev–Trinajstić information content (AvgIpc) is 2.85. The standard InChI is InChI=1S/C9H8O3.C3H4N2/c10-8-3-1-2-7(6-8)4-5-9(11)12;1-2-5-3-4-1/h1-6,10H,(H,11,12);1-3H,(H,4,5). The van der Waals surface area contributed by atoms with E-state index in [2.05, 4.69) is 9.97 Å². The van der Waals surface area contributed by atoms with Crippen LogP contribution >= 0.6 is 0 Å². The monoisotopic (exact) mass is 232 g/mol. The Bertz CT molecular complexity index is 461. The van der Waals surface area contributed by atoms with E-state index in [4.69, 9.17) is 10.2 Å². The number of carboxylic acids is 1. The van der Waals surface area contributed by atoms with Crippen molar-refractivity contribution in [2.45, 2.75) is 0 Å². The number of nitrogens with zero attached hydrogens (tertiary/aromatic N) is 1. The maximum atomic E-state index is 10.1. The fourth-order valence-electron chi connectivity index (χ4n) is 1.01. The summed E-state index contributed by atoms with van der Waals surface area (Å²) in [5, 5.41) is 17.3. The molecule has 5 nitrogen and oxygen atoms in total. The van der Waals surface area contributed by atoms with E-state index in [0.29, 0.717) is 5.56 Å². The molecule has 0 spiro atoms. The van der Waals surface area contributed by atoms with Crippen LogP contribution in [0, 0.1) is 0 Å². The van der Waals surface area contributed by atoms with E-state index < -0.39 is 5.97 Å². The molecule has 0 bridgehead atoms. The smallest absolute Gasteiger partial charge is 0.328 e. The summed E-state index contributed by atoms with van der Waals surface area (Å²) in [6, 6.07) is 6.37. The normalized spacial score (nSPS) is 9.65. The minimum Gasteiger partial charge on any atom is -0.508 e. The van der Waals surface area contributed by atoms with Gasteiger partial charge < -0.3 is 15.2 Å². The van der Waals surface area contributed by atoms with E-state index in [9.17, 15) is 4.79 Å². The molecule has 1 aromatic heterocycles. The van der Waals surface area contributed by atoms with Gasteiger partial charge in [-0.05, 0) is 23.8 Å². The molecule has 17 heavy (non-hydrogen) atoms. The Labute approximate surface area is 98.1 Å². The zero-order chi connectivity index (χ0) is 12.5. The Kier molecular flexibility index (Phi) is 5.03. The van der Waals surface area contributed by atoms with Gasteiger partial charge in [-0.1, -0.05) is 12.1 Å². The van der Waals surface area contributed by atoms with Crippen molar-refractivity contribution in [3.63, 3.8) is 0 Å². The highest BCUT2D eigenvalue weighted by molar-refractivity contribution is 5.85. The van der Waals surface area contributed by atoms with Gasteiger partial charge in [0.1, 0.15) is 5.75 Å². The van der Waals surface area contributed by atoms with Crippen LogP contribution in [0.15, 0.2) is 49.1 Å². The summed E-state index contributed by atoms with van der Waals surface area (Å²) in [7, 11) is 0. The van der Waals surface area contributed by atoms with Crippen LogP contribution < -0.4 is 0 Å². The Morgan fingerprint density at radius 2 is 2.24 bits per heavy atom. The maximum Gasteiger partial charge on any atom is 0.328 e. The van der Waals surface area contributed by atoms with E-state index in [1.807, 2.05) is 0 Å². The number of benzene rings is 1. The van der Waals surface area contributed by atoms with E-state index in [1.165, 1.54) is 18.2 Å². The second-order valence-corrected chi connectivity index (χ2v) is 3.03. The fourth-order valence-corrected chi connectivity index (χ4v) is 1.01. The second kappa shape index (κ2) is 6.84. The molecular weight excluding hydrogens is 220 g/mol. The third-order valence-electron chi connectivity index (χ3n) is 1.69. The zero-order valence-electron chi connectivity index (χ0n) is 8.95. The number of H-pyrrole nitrogens is 1. The third-order valence-corrected chi connectivity index (χ3v) is 1.69. The number of aliphatic carboxylic acids is 1. The van der Waals surface area contributed by atoms with Gasteiger partial charge in [-0.3, -0.25) is 0 Å². The molecule has 0 amide bonds. The first-order valence-corrected chi connectivity index (χ1v) is 4.81. The number of phenols is 1. The number of aromatic amines is 1. The Balaban J connectivity index is 0.000000239. The molecule has 88 valence electrons. The zero-order valence-corrected chi connectivity index (χ0v) is 8.95. The second-order valence-electron chi connectivity index (χ2n) is 3.03. The first-order chi connectivity index (χ1) is 8.18. The highest BCUT2D eigenvalue weighted by atomic mass is 16.4. The molecule has 0 aliphatic rings. The summed E-state index contributed by atoms with van der Waals surface area (Å²) in [4.78, 5) is 16.5. The molecule has 0 fully saturated rings. The number of carbonyl (C=O) groups is 1. The molecule has 5 heteroatoms. The summed E-state index contributed by atoms with van der Waals surface area (Å²) in [6.07, 6.45) is 7.52. The van der Waals surface area contributed by atoms with Crippen LogP contribution in [-0.4, -0.2) is 26.2 Å². The van der Waals surface area contributed by atoms with Gasteiger partial charge in [0.05, 0.1) is 6.33 Å². The van der Waals surface area contributed by atoms with Crippen molar-refractivity contribution in [1.82, 2.24) is 9.97 Å². The number of aromatic hydroxyl groups is 1. The lowest BCUT2D eigenvalue weighted by Crippen LogP contribution is -1.85. The Hall–Kier alpha value is -2.56. The summed E-state index contributed by atoms with van der Waals surface area (Å²) in [5.41, 5.74) is 0.664. The highest BCUT2D eigenvalue weighted by Gasteiger charge is 1.90. The molecule has 1 heterocycles. The van der Waals surface area contributed by atoms with Crippen molar-refractivity contribution in [2.75, 3.05) is 0 Å². The number of hydrogen-bond donors (Lipinski definition) is 3. The lowest BCUT2D eigenvalue weighted by atomic mass is 10.2. The van der Waals surface area contributed by atoms with Crippen LogP contribution in [0.3, 0.4) is 0 Å². The van der Waals surface area contributed by atoms with Crippen molar-refractivity contribution in [3.05, 3.63) is 54.6 Å². The Morgan fingerprint density at radius 3 is 2.71 bits per heavy atom. The molecule has 0 atom stereocenters. The maximum absolute atomic E-state index is 10.1. The summed E-state index contributed by atoms with van der Waals surface area (Å²) in [6.45, 7) is 0. The lowest BCUT2D eigenvalue weighted by molar-refractivity contribution is -0.131. The third kappa shape index (κ3) is 5.78. The van der Waals surface area contributed by atoms with Gasteiger partial charge in [0.15, 0.2) is 0 Å². The summed E-state index contributed by atoms with van der Waals surface area (Å²) < 4.78 is 0. The number of rotatable bonds is 2. The molecule has 0 aliphatic carbocycles. The van der Waals surface area contributed by atoms with Crippen LogP contribution in [0.2, 0.25) is 0 Å². The van der Waals surface area contributed by atoms with Gasteiger partial charge in [-0.15, -0.1) is 0 Å². The van der Waals surface area contributed by atoms with Crippen molar-refractivity contribution in [2.24, 2.45) is 0 Å². The van der Waals surface area contributed by atoms with Gasteiger partial charge >= 0.3 is 5.97 Å². The quantitative estimate of drug-likeness (QED) is 0.690. The van der Waals surface area contributed by atoms with Crippen LogP contribution in [0.4, 0.5) is 0 Å². The van der Waals surface area contributed by atoms with Gasteiger partial charge in [0.2, 0.25) is 0 Å². The number of aromatic nitrogens is 2. The molecule has 1 aromatic carbocycles. The topological polar surface area (TPSA) is 86.2 Å². The van der Waals surface area contributed by atoms with E-state index >= 15 is 0 Å².